The summed E-state index contributed by atoms with van der Waals surface area (Å²) in [6.07, 6.45) is -3.86. The Morgan fingerprint density at radius 1 is 1.11 bits per heavy atom. The minimum Gasteiger partial charge on any atom is -0.515 e. The van der Waals surface area contributed by atoms with Gasteiger partial charge in [0.05, 0.1) is 17.4 Å². The Balaban J connectivity index is 2.69. The average molecular weight is 395 g/mol. The summed E-state index contributed by atoms with van der Waals surface area (Å²) in [7, 11) is 0. The quantitative estimate of drug-likeness (QED) is 0.211. The van der Waals surface area contributed by atoms with Gasteiger partial charge in [0.15, 0.2) is 10.8 Å². The predicted octanol–water partition coefficient (Wildman–Crippen LogP) is 5.27. The van der Waals surface area contributed by atoms with Gasteiger partial charge in [0.1, 0.15) is 0 Å². The van der Waals surface area contributed by atoms with E-state index in [-0.39, 0.29) is 16.9 Å². The lowest BCUT2D eigenvalue weighted by atomic mass is 9.95. The van der Waals surface area contributed by atoms with E-state index in [2.05, 4.69) is 0 Å². The SMILES string of the molecule is CC(=C(ON)c1ccccc1C(=CO)C(O)=S)c1cccc(C(F)(F)F)c1. The van der Waals surface area contributed by atoms with Crippen molar-refractivity contribution in [3.63, 3.8) is 0 Å². The molecule has 0 amide bonds. The lowest BCUT2D eigenvalue weighted by Gasteiger charge is -2.16. The van der Waals surface area contributed by atoms with Crippen LogP contribution < -0.4 is 5.90 Å². The standard InChI is InChI=1S/C19H16F3NO3S/c1-11(12-5-4-6-13(9-12)19(20,21)22)17(26-23)15-8-3-2-7-14(15)16(10-24)18(25)27/h2-10,24H,23H2,1H3,(H,25,27). The van der Waals surface area contributed by atoms with Crippen LogP contribution in [0.2, 0.25) is 0 Å². The number of benzene rings is 2. The van der Waals surface area contributed by atoms with Gasteiger partial charge in [-0.25, -0.2) is 0 Å². The second-order valence-corrected chi connectivity index (χ2v) is 5.93. The Morgan fingerprint density at radius 3 is 2.26 bits per heavy atom. The fourth-order valence-corrected chi connectivity index (χ4v) is 2.73. The average Bonchev–Trinajstić information content (AvgIpc) is 2.63. The molecule has 0 spiro atoms. The summed E-state index contributed by atoms with van der Waals surface area (Å²) >= 11 is 4.71. The monoisotopic (exact) mass is 395 g/mol. The van der Waals surface area contributed by atoms with Gasteiger partial charge in [-0.15, -0.1) is 0 Å². The summed E-state index contributed by atoms with van der Waals surface area (Å²) in [6.45, 7) is 1.55. The number of rotatable bonds is 5. The van der Waals surface area contributed by atoms with Crippen LogP contribution in [-0.4, -0.2) is 15.3 Å². The number of hydrogen-bond acceptors (Lipinski definition) is 4. The Hall–Kier alpha value is -2.84. The van der Waals surface area contributed by atoms with Gasteiger partial charge in [-0.1, -0.05) is 36.4 Å². The fraction of sp³-hybridized carbons (Fsp3) is 0.105. The molecule has 0 saturated heterocycles. The summed E-state index contributed by atoms with van der Waals surface area (Å²) in [5.41, 5.74) is 0.368. The maximum atomic E-state index is 13.0. The first-order valence-electron chi connectivity index (χ1n) is 7.63. The minimum absolute atomic E-state index is 0.0491. The highest BCUT2D eigenvalue weighted by Crippen LogP contribution is 2.34. The van der Waals surface area contributed by atoms with Crippen LogP contribution in [0.1, 0.15) is 29.2 Å². The largest absolute Gasteiger partial charge is 0.515 e. The molecule has 0 atom stereocenters. The lowest BCUT2D eigenvalue weighted by molar-refractivity contribution is -0.137. The van der Waals surface area contributed by atoms with Crippen LogP contribution in [-0.2, 0) is 11.0 Å². The van der Waals surface area contributed by atoms with Crippen molar-refractivity contribution in [2.45, 2.75) is 13.1 Å². The van der Waals surface area contributed by atoms with Gasteiger partial charge < -0.3 is 15.1 Å². The van der Waals surface area contributed by atoms with E-state index in [1.807, 2.05) is 0 Å². The first kappa shape index (κ1) is 20.5. The van der Waals surface area contributed by atoms with Crippen molar-refractivity contribution < 1.29 is 28.2 Å². The molecule has 0 radical (unpaired) electrons. The Labute approximate surface area is 159 Å². The van der Waals surface area contributed by atoms with Gasteiger partial charge in [0, 0.05) is 16.7 Å². The molecule has 2 rings (SSSR count). The number of halogens is 3. The summed E-state index contributed by atoms with van der Waals surface area (Å²) in [6, 6.07) is 11.1. The van der Waals surface area contributed by atoms with Crippen LogP contribution in [0.3, 0.4) is 0 Å². The second kappa shape index (κ2) is 8.24. The zero-order valence-electron chi connectivity index (χ0n) is 14.1. The smallest absolute Gasteiger partial charge is 0.416 e. The van der Waals surface area contributed by atoms with Crippen LogP contribution >= 0.6 is 12.2 Å². The van der Waals surface area contributed by atoms with E-state index >= 15 is 0 Å². The fourth-order valence-electron chi connectivity index (χ4n) is 2.57. The highest BCUT2D eigenvalue weighted by atomic mass is 32.1. The van der Waals surface area contributed by atoms with E-state index < -0.39 is 16.8 Å². The predicted molar refractivity (Wildman–Crippen MR) is 101 cm³/mol. The summed E-state index contributed by atoms with van der Waals surface area (Å²) in [5.74, 6) is 5.47. The number of aliphatic hydroxyl groups is 2. The Morgan fingerprint density at radius 2 is 1.74 bits per heavy atom. The van der Waals surface area contributed by atoms with Crippen LogP contribution in [0.5, 0.6) is 0 Å². The van der Waals surface area contributed by atoms with Crippen molar-refractivity contribution in [3.8, 4) is 0 Å². The van der Waals surface area contributed by atoms with Crippen LogP contribution in [0, 0.1) is 0 Å². The molecule has 0 aliphatic heterocycles. The van der Waals surface area contributed by atoms with Crippen molar-refractivity contribution in [1.82, 2.24) is 0 Å². The van der Waals surface area contributed by atoms with Crippen LogP contribution in [0.4, 0.5) is 13.2 Å². The zero-order chi connectivity index (χ0) is 20.2. The van der Waals surface area contributed by atoms with Gasteiger partial charge in [0.25, 0.3) is 0 Å². The molecule has 0 aliphatic carbocycles. The van der Waals surface area contributed by atoms with Crippen molar-refractivity contribution >= 4 is 34.2 Å². The van der Waals surface area contributed by atoms with Gasteiger partial charge in [-0.05, 0) is 36.8 Å². The second-order valence-electron chi connectivity index (χ2n) is 5.54. The lowest BCUT2D eigenvalue weighted by Crippen LogP contribution is -2.08. The van der Waals surface area contributed by atoms with E-state index in [9.17, 15) is 23.4 Å². The first-order valence-corrected chi connectivity index (χ1v) is 8.04. The molecule has 2 aromatic rings. The molecule has 0 fully saturated rings. The molecule has 0 unspecified atom stereocenters. The molecule has 0 bridgehead atoms. The number of nitrogens with two attached hydrogens (primary N) is 1. The topological polar surface area (TPSA) is 75.7 Å². The maximum Gasteiger partial charge on any atom is 0.416 e. The third-order valence-corrected chi connectivity index (χ3v) is 4.12. The molecular formula is C19H16F3NO3S. The third-order valence-electron chi connectivity index (χ3n) is 3.90. The molecule has 142 valence electrons. The number of thiocarbonyl (C=S) groups is 1. The van der Waals surface area contributed by atoms with E-state index in [1.54, 1.807) is 31.2 Å². The van der Waals surface area contributed by atoms with E-state index in [0.29, 0.717) is 23.0 Å². The zero-order valence-corrected chi connectivity index (χ0v) is 14.9. The van der Waals surface area contributed by atoms with Gasteiger partial charge in [-0.3, -0.25) is 0 Å². The molecule has 0 aromatic heterocycles. The van der Waals surface area contributed by atoms with Crippen molar-refractivity contribution in [2.24, 2.45) is 5.90 Å². The number of alkyl halides is 3. The normalized spacial score (nSPS) is 13.1. The number of aliphatic hydroxyl groups excluding tert-OH is 2. The van der Waals surface area contributed by atoms with Gasteiger partial charge in [0.2, 0.25) is 0 Å². The minimum atomic E-state index is -4.49. The molecule has 0 aliphatic rings. The van der Waals surface area contributed by atoms with Crippen molar-refractivity contribution in [1.29, 1.82) is 0 Å². The number of allylic oxidation sites excluding steroid dienone is 1. The van der Waals surface area contributed by atoms with E-state index in [4.69, 9.17) is 23.0 Å². The molecule has 4 N–H and O–H groups in total. The van der Waals surface area contributed by atoms with Crippen LogP contribution in [0.15, 0.2) is 54.8 Å². The number of hydrogen-bond donors (Lipinski definition) is 3. The molecule has 0 heterocycles. The molecule has 2 aromatic carbocycles. The van der Waals surface area contributed by atoms with Crippen molar-refractivity contribution in [3.05, 3.63) is 77.0 Å². The summed E-state index contributed by atoms with van der Waals surface area (Å²) < 4.78 is 39.0. The van der Waals surface area contributed by atoms with Gasteiger partial charge in [-0.2, -0.15) is 19.1 Å². The maximum absolute atomic E-state index is 13.0. The third kappa shape index (κ3) is 4.47. The molecule has 4 nitrogen and oxygen atoms in total. The van der Waals surface area contributed by atoms with Gasteiger partial charge >= 0.3 is 6.18 Å². The van der Waals surface area contributed by atoms with Crippen molar-refractivity contribution in [2.75, 3.05) is 0 Å². The van der Waals surface area contributed by atoms with E-state index in [1.165, 1.54) is 12.1 Å². The summed E-state index contributed by atoms with van der Waals surface area (Å²) in [5, 5.41) is 18.4. The molecule has 27 heavy (non-hydrogen) atoms. The molecular weight excluding hydrogens is 379 g/mol. The Kier molecular flexibility index (Phi) is 6.24. The van der Waals surface area contributed by atoms with E-state index in [0.717, 1.165) is 12.1 Å². The summed E-state index contributed by atoms with van der Waals surface area (Å²) in [4.78, 5) is 4.96. The highest BCUT2D eigenvalue weighted by molar-refractivity contribution is 7.81. The Bertz CT molecular complexity index is 920. The van der Waals surface area contributed by atoms with Crippen LogP contribution in [0.25, 0.3) is 16.9 Å². The molecule has 0 saturated carbocycles. The first-order chi connectivity index (χ1) is 12.7. The molecule has 8 heteroatoms. The highest BCUT2D eigenvalue weighted by Gasteiger charge is 2.30.